The Morgan fingerprint density at radius 1 is 0.926 bits per heavy atom. The van der Waals surface area contributed by atoms with Crippen LogP contribution in [0.5, 0.6) is 5.75 Å². The normalized spacial score (nSPS) is 10.6. The predicted molar refractivity (Wildman–Crippen MR) is 106 cm³/mol. The molecule has 3 aromatic carbocycles. The van der Waals surface area contributed by atoms with E-state index in [0.29, 0.717) is 22.7 Å². The maximum atomic E-state index is 11.9. The smallest absolute Gasteiger partial charge is 0.410 e. The first kappa shape index (κ1) is 18.1. The highest BCUT2D eigenvalue weighted by Crippen LogP contribution is 2.16. The molecule has 0 spiro atoms. The van der Waals surface area contributed by atoms with E-state index >= 15 is 0 Å². The summed E-state index contributed by atoms with van der Waals surface area (Å²) in [6.45, 7) is 1.52. The first-order valence-electron chi connectivity index (χ1n) is 8.39. The van der Waals surface area contributed by atoms with Gasteiger partial charge in [0.2, 0.25) is 0 Å². The maximum Gasteiger partial charge on any atom is 0.417 e. The SMILES string of the molecule is CC(=O)c1cccc(N=Cc2ccc(OC(=O)Nc3ccccc3)cc2)c1. The van der Waals surface area contributed by atoms with Crippen LogP contribution in [0.1, 0.15) is 22.8 Å². The molecule has 134 valence electrons. The highest BCUT2D eigenvalue weighted by molar-refractivity contribution is 5.95. The number of hydrogen-bond donors (Lipinski definition) is 1. The van der Waals surface area contributed by atoms with Crippen LogP contribution in [0.15, 0.2) is 83.9 Å². The Bertz CT molecular complexity index is 964. The highest BCUT2D eigenvalue weighted by Gasteiger charge is 2.04. The summed E-state index contributed by atoms with van der Waals surface area (Å²) < 4.78 is 5.25. The number of carbonyl (C=O) groups is 2. The van der Waals surface area contributed by atoms with Gasteiger partial charge in [-0.05, 0) is 61.0 Å². The zero-order valence-electron chi connectivity index (χ0n) is 14.8. The van der Waals surface area contributed by atoms with Gasteiger partial charge in [0.05, 0.1) is 5.69 Å². The average molecular weight is 358 g/mol. The van der Waals surface area contributed by atoms with Crippen molar-refractivity contribution < 1.29 is 14.3 Å². The van der Waals surface area contributed by atoms with Gasteiger partial charge >= 0.3 is 6.09 Å². The summed E-state index contributed by atoms with van der Waals surface area (Å²) in [7, 11) is 0. The van der Waals surface area contributed by atoms with Crippen LogP contribution < -0.4 is 10.1 Å². The lowest BCUT2D eigenvalue weighted by atomic mass is 10.1. The number of anilines is 1. The summed E-state index contributed by atoms with van der Waals surface area (Å²) in [5, 5.41) is 2.65. The number of aliphatic imine (C=N–C) groups is 1. The second-order valence-corrected chi connectivity index (χ2v) is 5.81. The third kappa shape index (κ3) is 5.37. The van der Waals surface area contributed by atoms with Crippen LogP contribution in [-0.4, -0.2) is 18.1 Å². The van der Waals surface area contributed by atoms with Crippen LogP contribution >= 0.6 is 0 Å². The van der Waals surface area contributed by atoms with E-state index in [-0.39, 0.29) is 5.78 Å². The van der Waals surface area contributed by atoms with E-state index < -0.39 is 6.09 Å². The number of para-hydroxylation sites is 1. The molecule has 1 amide bonds. The fraction of sp³-hybridized carbons (Fsp3) is 0.0455. The number of amides is 1. The van der Waals surface area contributed by atoms with E-state index in [1.165, 1.54) is 6.92 Å². The molecule has 27 heavy (non-hydrogen) atoms. The van der Waals surface area contributed by atoms with Gasteiger partial charge in [0, 0.05) is 17.5 Å². The van der Waals surface area contributed by atoms with Gasteiger partial charge in [0.15, 0.2) is 5.78 Å². The molecule has 0 bridgehead atoms. The van der Waals surface area contributed by atoms with Crippen LogP contribution in [0.2, 0.25) is 0 Å². The van der Waals surface area contributed by atoms with Gasteiger partial charge in [0.1, 0.15) is 5.75 Å². The van der Waals surface area contributed by atoms with Crippen molar-refractivity contribution in [3.63, 3.8) is 0 Å². The van der Waals surface area contributed by atoms with Crippen molar-refractivity contribution in [1.29, 1.82) is 0 Å². The van der Waals surface area contributed by atoms with Crippen molar-refractivity contribution in [2.24, 2.45) is 4.99 Å². The first-order valence-corrected chi connectivity index (χ1v) is 8.39. The standard InChI is InChI=1S/C22H18N2O3/c1-16(25)18-6-5-9-20(14-18)23-15-17-10-12-21(13-11-17)27-22(26)24-19-7-3-2-4-8-19/h2-15H,1H3,(H,24,26). The molecule has 3 aromatic rings. The summed E-state index contributed by atoms with van der Waals surface area (Å²) in [5.74, 6) is 0.432. The highest BCUT2D eigenvalue weighted by atomic mass is 16.6. The molecule has 1 N–H and O–H groups in total. The molecule has 0 unspecified atom stereocenters. The number of Topliss-reactive ketones (excluding diaryl/α,β-unsaturated/α-hetero) is 1. The second-order valence-electron chi connectivity index (χ2n) is 5.81. The van der Waals surface area contributed by atoms with Gasteiger partial charge in [-0.1, -0.05) is 30.3 Å². The molecular weight excluding hydrogens is 340 g/mol. The molecule has 0 aromatic heterocycles. The average Bonchev–Trinajstić information content (AvgIpc) is 2.68. The minimum Gasteiger partial charge on any atom is -0.410 e. The van der Waals surface area contributed by atoms with Crippen LogP contribution in [0, 0.1) is 0 Å². The number of benzene rings is 3. The topological polar surface area (TPSA) is 67.8 Å². The number of ether oxygens (including phenoxy) is 1. The third-order valence-electron chi connectivity index (χ3n) is 3.73. The molecule has 5 nitrogen and oxygen atoms in total. The Kier molecular flexibility index (Phi) is 5.74. The summed E-state index contributed by atoms with van der Waals surface area (Å²) in [6.07, 6.45) is 1.14. The fourth-order valence-electron chi connectivity index (χ4n) is 2.35. The predicted octanol–water partition coefficient (Wildman–Crippen LogP) is 5.25. The van der Waals surface area contributed by atoms with Gasteiger partial charge in [0.25, 0.3) is 0 Å². The monoisotopic (exact) mass is 358 g/mol. The largest absolute Gasteiger partial charge is 0.417 e. The van der Waals surface area contributed by atoms with Gasteiger partial charge in [-0.2, -0.15) is 0 Å². The lowest BCUT2D eigenvalue weighted by Gasteiger charge is -2.06. The molecule has 0 aliphatic rings. The van der Waals surface area contributed by atoms with E-state index in [4.69, 9.17) is 4.74 Å². The summed E-state index contributed by atoms with van der Waals surface area (Å²) in [5.41, 5.74) is 2.83. The lowest BCUT2D eigenvalue weighted by Crippen LogP contribution is -2.16. The van der Waals surface area contributed by atoms with Gasteiger partial charge in [-0.25, -0.2) is 4.79 Å². The molecule has 0 aliphatic heterocycles. The summed E-state index contributed by atoms with van der Waals surface area (Å²) in [4.78, 5) is 27.7. The second kappa shape index (κ2) is 8.58. The molecule has 0 heterocycles. The Hall–Kier alpha value is -3.73. The molecule has 0 saturated heterocycles. The van der Waals surface area contributed by atoms with E-state index in [0.717, 1.165) is 5.56 Å². The number of hydrogen-bond acceptors (Lipinski definition) is 4. The number of ketones is 1. The Morgan fingerprint density at radius 2 is 1.67 bits per heavy atom. The van der Waals surface area contributed by atoms with Crippen LogP contribution in [0.3, 0.4) is 0 Å². The number of rotatable bonds is 5. The molecule has 0 aliphatic carbocycles. The van der Waals surface area contributed by atoms with Gasteiger partial charge in [-0.3, -0.25) is 15.1 Å². The number of carbonyl (C=O) groups excluding carboxylic acids is 2. The quantitative estimate of drug-likeness (QED) is 0.500. The van der Waals surface area contributed by atoms with Crippen LogP contribution in [0.4, 0.5) is 16.2 Å². The van der Waals surface area contributed by atoms with Crippen molar-refractivity contribution >= 4 is 29.5 Å². The van der Waals surface area contributed by atoms with Crippen LogP contribution in [-0.2, 0) is 0 Å². The van der Waals surface area contributed by atoms with E-state index in [1.54, 1.807) is 60.8 Å². The maximum absolute atomic E-state index is 11.9. The molecule has 0 radical (unpaired) electrons. The molecule has 0 saturated carbocycles. The Morgan fingerprint density at radius 3 is 2.37 bits per heavy atom. The van der Waals surface area contributed by atoms with E-state index in [2.05, 4.69) is 10.3 Å². The van der Waals surface area contributed by atoms with E-state index in [9.17, 15) is 9.59 Å². The molecule has 3 rings (SSSR count). The first-order chi connectivity index (χ1) is 13.1. The summed E-state index contributed by atoms with van der Waals surface area (Å²) in [6, 6.07) is 23.2. The Balaban J connectivity index is 1.61. The van der Waals surface area contributed by atoms with E-state index in [1.807, 2.05) is 24.3 Å². The molecular formula is C22H18N2O3. The molecule has 5 heteroatoms. The zero-order chi connectivity index (χ0) is 19.1. The number of nitrogens with one attached hydrogen (secondary N) is 1. The van der Waals surface area contributed by atoms with Crippen LogP contribution in [0.25, 0.3) is 0 Å². The zero-order valence-corrected chi connectivity index (χ0v) is 14.8. The lowest BCUT2D eigenvalue weighted by molar-refractivity contribution is 0.101. The minimum absolute atomic E-state index is 0.00216. The number of nitrogens with zero attached hydrogens (tertiary/aromatic N) is 1. The van der Waals surface area contributed by atoms with Crippen molar-refractivity contribution in [2.45, 2.75) is 6.92 Å². The Labute approximate surface area is 157 Å². The van der Waals surface area contributed by atoms with Crippen molar-refractivity contribution in [3.8, 4) is 5.75 Å². The van der Waals surface area contributed by atoms with Crippen molar-refractivity contribution in [3.05, 3.63) is 90.0 Å². The fourth-order valence-corrected chi connectivity index (χ4v) is 2.35. The van der Waals surface area contributed by atoms with Crippen molar-refractivity contribution in [2.75, 3.05) is 5.32 Å². The third-order valence-corrected chi connectivity index (χ3v) is 3.73. The molecule has 0 fully saturated rings. The van der Waals surface area contributed by atoms with Gasteiger partial charge in [-0.15, -0.1) is 0 Å². The summed E-state index contributed by atoms with van der Waals surface area (Å²) >= 11 is 0. The van der Waals surface area contributed by atoms with Gasteiger partial charge < -0.3 is 4.74 Å². The van der Waals surface area contributed by atoms with Crippen molar-refractivity contribution in [1.82, 2.24) is 0 Å². The minimum atomic E-state index is -0.552. The molecule has 0 atom stereocenters.